The number of hydrogen-bond donors (Lipinski definition) is 1. The number of nitrogens with one attached hydrogen (secondary N) is 1. The second kappa shape index (κ2) is 6.11. The standard InChI is InChI=1S/C8H14N2OS/c1-2-9-3-4-11-5-8-6-12-7-10-8/h6-7,9H,2-5H2,1H3. The molecular formula is C8H14N2OS. The maximum Gasteiger partial charge on any atom is 0.0897 e. The van der Waals surface area contributed by atoms with Crippen LogP contribution in [0.15, 0.2) is 10.9 Å². The second-order valence-electron chi connectivity index (χ2n) is 2.39. The van der Waals surface area contributed by atoms with Gasteiger partial charge < -0.3 is 10.1 Å². The molecule has 1 aromatic rings. The van der Waals surface area contributed by atoms with Crippen molar-refractivity contribution in [2.24, 2.45) is 0 Å². The highest BCUT2D eigenvalue weighted by Crippen LogP contribution is 2.01. The van der Waals surface area contributed by atoms with E-state index in [0.29, 0.717) is 6.61 Å². The quantitative estimate of drug-likeness (QED) is 0.679. The van der Waals surface area contributed by atoms with E-state index in [1.54, 1.807) is 11.3 Å². The van der Waals surface area contributed by atoms with Crippen molar-refractivity contribution in [1.82, 2.24) is 10.3 Å². The lowest BCUT2D eigenvalue weighted by molar-refractivity contribution is 0.121. The zero-order valence-corrected chi connectivity index (χ0v) is 8.06. The van der Waals surface area contributed by atoms with Crippen LogP contribution in [0.25, 0.3) is 0 Å². The third-order valence-electron chi connectivity index (χ3n) is 1.41. The van der Waals surface area contributed by atoms with Crippen molar-refractivity contribution in [3.8, 4) is 0 Å². The maximum absolute atomic E-state index is 5.36. The van der Waals surface area contributed by atoms with Gasteiger partial charge in [-0.1, -0.05) is 6.92 Å². The predicted octanol–water partition coefficient (Wildman–Crippen LogP) is 1.27. The summed E-state index contributed by atoms with van der Waals surface area (Å²) in [7, 11) is 0. The molecule has 4 heteroatoms. The van der Waals surface area contributed by atoms with E-state index in [-0.39, 0.29) is 0 Å². The van der Waals surface area contributed by atoms with Gasteiger partial charge in [-0.05, 0) is 6.54 Å². The maximum atomic E-state index is 5.36. The number of thiazole rings is 1. The van der Waals surface area contributed by atoms with Crippen LogP contribution in [0, 0.1) is 0 Å². The lowest BCUT2D eigenvalue weighted by Crippen LogP contribution is -2.18. The number of ether oxygens (including phenoxy) is 1. The Hall–Kier alpha value is -0.450. The molecule has 0 atom stereocenters. The zero-order chi connectivity index (χ0) is 8.65. The lowest BCUT2D eigenvalue weighted by atomic mass is 10.5. The fourth-order valence-corrected chi connectivity index (χ4v) is 1.35. The molecule has 0 radical (unpaired) electrons. The van der Waals surface area contributed by atoms with Gasteiger partial charge in [0, 0.05) is 11.9 Å². The minimum Gasteiger partial charge on any atom is -0.374 e. The second-order valence-corrected chi connectivity index (χ2v) is 3.10. The Balaban J connectivity index is 1.96. The van der Waals surface area contributed by atoms with Crippen LogP contribution in [0.2, 0.25) is 0 Å². The molecule has 0 spiro atoms. The highest BCUT2D eigenvalue weighted by molar-refractivity contribution is 7.07. The Morgan fingerprint density at radius 2 is 2.58 bits per heavy atom. The van der Waals surface area contributed by atoms with Crippen LogP contribution in [0.4, 0.5) is 0 Å². The average molecular weight is 186 g/mol. The average Bonchev–Trinajstić information content (AvgIpc) is 2.57. The Labute approximate surface area is 76.8 Å². The van der Waals surface area contributed by atoms with Crippen molar-refractivity contribution in [1.29, 1.82) is 0 Å². The van der Waals surface area contributed by atoms with Crippen LogP contribution < -0.4 is 5.32 Å². The first-order valence-corrected chi connectivity index (χ1v) is 5.03. The summed E-state index contributed by atoms with van der Waals surface area (Å²) in [4.78, 5) is 4.11. The zero-order valence-electron chi connectivity index (χ0n) is 7.25. The Morgan fingerprint density at radius 1 is 1.67 bits per heavy atom. The van der Waals surface area contributed by atoms with Gasteiger partial charge in [0.2, 0.25) is 0 Å². The number of hydrogen-bond acceptors (Lipinski definition) is 4. The Morgan fingerprint density at radius 3 is 3.25 bits per heavy atom. The van der Waals surface area contributed by atoms with Crippen molar-refractivity contribution >= 4 is 11.3 Å². The molecule has 0 saturated carbocycles. The van der Waals surface area contributed by atoms with Crippen LogP contribution in [0.5, 0.6) is 0 Å². The molecule has 1 rings (SSSR count). The molecule has 1 N–H and O–H groups in total. The van der Waals surface area contributed by atoms with Gasteiger partial charge in [-0.15, -0.1) is 11.3 Å². The minimum absolute atomic E-state index is 0.634. The largest absolute Gasteiger partial charge is 0.374 e. The smallest absolute Gasteiger partial charge is 0.0897 e. The fraction of sp³-hybridized carbons (Fsp3) is 0.625. The third kappa shape index (κ3) is 3.80. The molecule has 1 aromatic heterocycles. The highest BCUT2D eigenvalue weighted by Gasteiger charge is 1.93. The van der Waals surface area contributed by atoms with Gasteiger partial charge >= 0.3 is 0 Å². The molecule has 0 saturated heterocycles. The van der Waals surface area contributed by atoms with Gasteiger partial charge in [-0.25, -0.2) is 4.98 Å². The monoisotopic (exact) mass is 186 g/mol. The summed E-state index contributed by atoms with van der Waals surface area (Å²) in [6.07, 6.45) is 0. The summed E-state index contributed by atoms with van der Waals surface area (Å²) in [5, 5.41) is 5.19. The molecule has 0 fully saturated rings. The van der Waals surface area contributed by atoms with E-state index < -0.39 is 0 Å². The molecule has 0 unspecified atom stereocenters. The molecule has 0 aliphatic heterocycles. The van der Waals surface area contributed by atoms with Crippen molar-refractivity contribution in [3.05, 3.63) is 16.6 Å². The topological polar surface area (TPSA) is 34.1 Å². The van der Waals surface area contributed by atoms with Crippen LogP contribution in [-0.2, 0) is 11.3 Å². The molecule has 68 valence electrons. The summed E-state index contributed by atoms with van der Waals surface area (Å²) < 4.78 is 5.36. The van der Waals surface area contributed by atoms with Crippen molar-refractivity contribution < 1.29 is 4.74 Å². The summed E-state index contributed by atoms with van der Waals surface area (Å²) in [5.74, 6) is 0. The van der Waals surface area contributed by atoms with E-state index in [4.69, 9.17) is 4.74 Å². The van der Waals surface area contributed by atoms with E-state index in [0.717, 1.165) is 25.4 Å². The molecule has 0 aromatic carbocycles. The molecule has 1 heterocycles. The summed E-state index contributed by atoms with van der Waals surface area (Å²) >= 11 is 1.60. The molecule has 12 heavy (non-hydrogen) atoms. The molecular weight excluding hydrogens is 172 g/mol. The normalized spacial score (nSPS) is 10.4. The van der Waals surface area contributed by atoms with E-state index in [1.165, 1.54) is 0 Å². The Bertz CT molecular complexity index is 189. The number of nitrogens with zero attached hydrogens (tertiary/aromatic N) is 1. The fourth-order valence-electron chi connectivity index (χ4n) is 0.807. The third-order valence-corrected chi connectivity index (χ3v) is 2.04. The van der Waals surface area contributed by atoms with Gasteiger partial charge in [0.1, 0.15) is 0 Å². The van der Waals surface area contributed by atoms with E-state index in [9.17, 15) is 0 Å². The highest BCUT2D eigenvalue weighted by atomic mass is 32.1. The van der Waals surface area contributed by atoms with Gasteiger partial charge in [0.15, 0.2) is 0 Å². The van der Waals surface area contributed by atoms with E-state index >= 15 is 0 Å². The number of likely N-dealkylation sites (N-methyl/N-ethyl adjacent to an activating group) is 1. The van der Waals surface area contributed by atoms with Crippen molar-refractivity contribution in [2.45, 2.75) is 13.5 Å². The van der Waals surface area contributed by atoms with Crippen molar-refractivity contribution in [3.63, 3.8) is 0 Å². The van der Waals surface area contributed by atoms with Gasteiger partial charge in [0.05, 0.1) is 24.4 Å². The van der Waals surface area contributed by atoms with Gasteiger partial charge in [-0.2, -0.15) is 0 Å². The minimum atomic E-state index is 0.634. The lowest BCUT2D eigenvalue weighted by Gasteiger charge is -2.01. The molecule has 0 amide bonds. The van der Waals surface area contributed by atoms with Crippen LogP contribution in [-0.4, -0.2) is 24.7 Å². The van der Waals surface area contributed by atoms with E-state index in [1.807, 2.05) is 10.9 Å². The van der Waals surface area contributed by atoms with E-state index in [2.05, 4.69) is 17.2 Å². The summed E-state index contributed by atoms with van der Waals surface area (Å²) in [6.45, 7) is 5.39. The van der Waals surface area contributed by atoms with Gasteiger partial charge in [0.25, 0.3) is 0 Å². The first kappa shape index (κ1) is 9.64. The van der Waals surface area contributed by atoms with Crippen LogP contribution >= 0.6 is 11.3 Å². The van der Waals surface area contributed by atoms with Gasteiger partial charge in [-0.3, -0.25) is 0 Å². The number of rotatable bonds is 6. The molecule has 3 nitrogen and oxygen atoms in total. The first-order chi connectivity index (χ1) is 5.93. The SMILES string of the molecule is CCNCCOCc1cscn1. The molecule has 0 bridgehead atoms. The predicted molar refractivity (Wildman–Crippen MR) is 50.3 cm³/mol. The van der Waals surface area contributed by atoms with Crippen molar-refractivity contribution in [2.75, 3.05) is 19.7 Å². The summed E-state index contributed by atoms with van der Waals surface area (Å²) in [6, 6.07) is 0. The first-order valence-electron chi connectivity index (χ1n) is 4.09. The van der Waals surface area contributed by atoms with Crippen LogP contribution in [0.3, 0.4) is 0 Å². The van der Waals surface area contributed by atoms with Crippen LogP contribution in [0.1, 0.15) is 12.6 Å². The molecule has 0 aliphatic rings. The molecule has 0 aliphatic carbocycles. The Kier molecular flexibility index (Phi) is 4.91. The number of aromatic nitrogens is 1. The summed E-state index contributed by atoms with van der Waals surface area (Å²) in [5.41, 5.74) is 2.85.